The molecule has 1 aromatic rings. The van der Waals surface area contributed by atoms with Crippen LogP contribution in [0.25, 0.3) is 0 Å². The Labute approximate surface area is 110 Å². The van der Waals surface area contributed by atoms with Gasteiger partial charge in [0.15, 0.2) is 0 Å². The summed E-state index contributed by atoms with van der Waals surface area (Å²) in [5, 5.41) is 10.1. The number of aryl methyl sites for hydroxylation is 2. The van der Waals surface area contributed by atoms with Crippen LogP contribution in [0.3, 0.4) is 0 Å². The van der Waals surface area contributed by atoms with E-state index in [0.29, 0.717) is 5.92 Å². The summed E-state index contributed by atoms with van der Waals surface area (Å²) in [6.07, 6.45) is 3.81. The molecule has 0 bridgehead atoms. The highest BCUT2D eigenvalue weighted by atomic mass is 16.5. The number of rotatable bonds is 3. The maximum atomic E-state index is 10.1. The standard InChI is InChI=1S/C16H24O2/c1-4-13-5-6-15(17)16(10-13)18-14-8-11(2)7-12(3)9-14/h7-9,13,15-17H,4-6,10H2,1-3H3. The molecule has 1 saturated carbocycles. The molecule has 2 nitrogen and oxygen atoms in total. The van der Waals surface area contributed by atoms with Gasteiger partial charge >= 0.3 is 0 Å². The fourth-order valence-electron chi connectivity index (χ4n) is 2.87. The summed E-state index contributed by atoms with van der Waals surface area (Å²) in [7, 11) is 0. The second-order valence-corrected chi connectivity index (χ2v) is 5.63. The van der Waals surface area contributed by atoms with E-state index in [1.165, 1.54) is 17.5 Å². The molecule has 18 heavy (non-hydrogen) atoms. The van der Waals surface area contributed by atoms with Crippen LogP contribution < -0.4 is 4.74 Å². The van der Waals surface area contributed by atoms with Crippen molar-refractivity contribution in [3.05, 3.63) is 29.3 Å². The van der Waals surface area contributed by atoms with Crippen molar-refractivity contribution in [3.8, 4) is 5.75 Å². The lowest BCUT2D eigenvalue weighted by atomic mass is 9.84. The van der Waals surface area contributed by atoms with Gasteiger partial charge in [-0.15, -0.1) is 0 Å². The van der Waals surface area contributed by atoms with Crippen LogP contribution in [-0.4, -0.2) is 17.3 Å². The van der Waals surface area contributed by atoms with Gasteiger partial charge in [0.1, 0.15) is 11.9 Å². The van der Waals surface area contributed by atoms with E-state index in [1.807, 2.05) is 0 Å². The molecule has 2 heteroatoms. The van der Waals surface area contributed by atoms with Crippen molar-refractivity contribution in [1.82, 2.24) is 0 Å². The van der Waals surface area contributed by atoms with Crippen LogP contribution in [0.15, 0.2) is 18.2 Å². The minimum Gasteiger partial charge on any atom is -0.488 e. The molecule has 1 aromatic carbocycles. The van der Waals surface area contributed by atoms with Gasteiger partial charge in [0.05, 0.1) is 6.10 Å². The SMILES string of the molecule is CCC1CCC(O)C(Oc2cc(C)cc(C)c2)C1. The molecule has 3 unspecified atom stereocenters. The van der Waals surface area contributed by atoms with Crippen molar-refractivity contribution in [2.45, 2.75) is 58.7 Å². The Morgan fingerprint density at radius 1 is 1.17 bits per heavy atom. The Balaban J connectivity index is 2.06. The Morgan fingerprint density at radius 2 is 1.83 bits per heavy atom. The van der Waals surface area contributed by atoms with E-state index in [4.69, 9.17) is 4.74 Å². The quantitative estimate of drug-likeness (QED) is 0.885. The Kier molecular flexibility index (Phi) is 4.28. The monoisotopic (exact) mass is 248 g/mol. The van der Waals surface area contributed by atoms with Gasteiger partial charge in [-0.05, 0) is 62.3 Å². The zero-order valence-corrected chi connectivity index (χ0v) is 11.6. The van der Waals surface area contributed by atoms with Crippen LogP contribution in [0.2, 0.25) is 0 Å². The van der Waals surface area contributed by atoms with E-state index >= 15 is 0 Å². The van der Waals surface area contributed by atoms with Gasteiger partial charge in [-0.3, -0.25) is 0 Å². The average molecular weight is 248 g/mol. The lowest BCUT2D eigenvalue weighted by molar-refractivity contribution is -0.0109. The molecule has 2 rings (SSSR count). The third-order valence-electron chi connectivity index (χ3n) is 3.93. The molecule has 0 saturated heterocycles. The van der Waals surface area contributed by atoms with Crippen molar-refractivity contribution in [3.63, 3.8) is 0 Å². The van der Waals surface area contributed by atoms with E-state index in [9.17, 15) is 5.11 Å². The summed E-state index contributed by atoms with van der Waals surface area (Å²) < 4.78 is 6.01. The molecule has 1 N–H and O–H groups in total. The first kappa shape index (κ1) is 13.4. The van der Waals surface area contributed by atoms with E-state index in [0.717, 1.165) is 25.0 Å². The first-order valence-corrected chi connectivity index (χ1v) is 7.01. The van der Waals surface area contributed by atoms with Crippen LogP contribution >= 0.6 is 0 Å². The maximum absolute atomic E-state index is 10.1. The van der Waals surface area contributed by atoms with E-state index in [-0.39, 0.29) is 12.2 Å². The van der Waals surface area contributed by atoms with Crippen LogP contribution in [-0.2, 0) is 0 Å². The van der Waals surface area contributed by atoms with Gasteiger partial charge in [0.25, 0.3) is 0 Å². The molecule has 3 atom stereocenters. The van der Waals surface area contributed by atoms with E-state index < -0.39 is 0 Å². The molecule has 0 amide bonds. The predicted octanol–water partition coefficient (Wildman–Crippen LogP) is 3.62. The molecule has 100 valence electrons. The van der Waals surface area contributed by atoms with E-state index in [2.05, 4.69) is 39.0 Å². The lowest BCUT2D eigenvalue weighted by Crippen LogP contribution is -2.38. The minimum absolute atomic E-state index is 0.0371. The lowest BCUT2D eigenvalue weighted by Gasteiger charge is -2.33. The summed E-state index contributed by atoms with van der Waals surface area (Å²) in [6.45, 7) is 6.37. The molecule has 0 heterocycles. The van der Waals surface area contributed by atoms with Crippen molar-refractivity contribution in [2.75, 3.05) is 0 Å². The molecular weight excluding hydrogens is 224 g/mol. The van der Waals surface area contributed by atoms with Crippen LogP contribution in [0.4, 0.5) is 0 Å². The van der Waals surface area contributed by atoms with Gasteiger partial charge < -0.3 is 9.84 Å². The summed E-state index contributed by atoms with van der Waals surface area (Å²) in [5.41, 5.74) is 2.42. The molecule has 0 aromatic heterocycles. The van der Waals surface area contributed by atoms with Crippen LogP contribution in [0, 0.1) is 19.8 Å². The van der Waals surface area contributed by atoms with Gasteiger partial charge in [0, 0.05) is 0 Å². The van der Waals surface area contributed by atoms with Crippen LogP contribution in [0.5, 0.6) is 5.75 Å². The van der Waals surface area contributed by atoms with Crippen molar-refractivity contribution < 1.29 is 9.84 Å². The number of aliphatic hydroxyl groups is 1. The summed E-state index contributed by atoms with van der Waals surface area (Å²) in [4.78, 5) is 0. The molecule has 0 radical (unpaired) electrons. The third-order valence-corrected chi connectivity index (χ3v) is 3.93. The largest absolute Gasteiger partial charge is 0.488 e. The van der Waals surface area contributed by atoms with Gasteiger partial charge in [-0.2, -0.15) is 0 Å². The Morgan fingerprint density at radius 3 is 2.44 bits per heavy atom. The number of ether oxygens (including phenoxy) is 1. The highest BCUT2D eigenvalue weighted by Gasteiger charge is 2.29. The van der Waals surface area contributed by atoms with Gasteiger partial charge in [0.2, 0.25) is 0 Å². The molecule has 1 fully saturated rings. The highest BCUT2D eigenvalue weighted by molar-refractivity contribution is 5.33. The molecule has 1 aliphatic carbocycles. The maximum Gasteiger partial charge on any atom is 0.125 e. The topological polar surface area (TPSA) is 29.5 Å². The number of hydrogen-bond donors (Lipinski definition) is 1. The van der Waals surface area contributed by atoms with Crippen molar-refractivity contribution >= 4 is 0 Å². The smallest absolute Gasteiger partial charge is 0.125 e. The Hall–Kier alpha value is -1.02. The van der Waals surface area contributed by atoms with Crippen molar-refractivity contribution in [1.29, 1.82) is 0 Å². The fourth-order valence-corrected chi connectivity index (χ4v) is 2.87. The second kappa shape index (κ2) is 5.75. The second-order valence-electron chi connectivity index (χ2n) is 5.63. The van der Waals surface area contributed by atoms with Gasteiger partial charge in [-0.1, -0.05) is 19.4 Å². The molecule has 0 aliphatic heterocycles. The number of aliphatic hydroxyl groups excluding tert-OH is 1. The summed E-state index contributed by atoms with van der Waals surface area (Å²) in [6, 6.07) is 6.24. The number of hydrogen-bond acceptors (Lipinski definition) is 2. The zero-order valence-electron chi connectivity index (χ0n) is 11.6. The highest BCUT2D eigenvalue weighted by Crippen LogP contribution is 2.30. The summed E-state index contributed by atoms with van der Waals surface area (Å²) in [5.74, 6) is 1.60. The van der Waals surface area contributed by atoms with Gasteiger partial charge in [-0.25, -0.2) is 0 Å². The zero-order chi connectivity index (χ0) is 13.1. The fraction of sp³-hybridized carbons (Fsp3) is 0.625. The molecular formula is C16H24O2. The first-order valence-electron chi connectivity index (χ1n) is 7.01. The summed E-state index contributed by atoms with van der Waals surface area (Å²) >= 11 is 0. The molecule has 0 spiro atoms. The Bertz CT molecular complexity index is 380. The first-order chi connectivity index (χ1) is 8.58. The minimum atomic E-state index is -0.311. The third kappa shape index (κ3) is 3.26. The normalized spacial score (nSPS) is 28.1. The van der Waals surface area contributed by atoms with Crippen molar-refractivity contribution in [2.24, 2.45) is 5.92 Å². The number of benzene rings is 1. The van der Waals surface area contributed by atoms with E-state index in [1.54, 1.807) is 0 Å². The van der Waals surface area contributed by atoms with Crippen LogP contribution in [0.1, 0.15) is 43.7 Å². The molecule has 1 aliphatic rings. The average Bonchev–Trinajstić information content (AvgIpc) is 2.30. The predicted molar refractivity (Wildman–Crippen MR) is 74.0 cm³/mol.